The van der Waals surface area contributed by atoms with Crippen molar-refractivity contribution < 1.29 is 15.0 Å². The number of rotatable bonds is 3. The third-order valence-electron chi connectivity index (χ3n) is 1.66. The molecule has 0 bridgehead atoms. The van der Waals surface area contributed by atoms with Crippen LogP contribution in [-0.2, 0) is 5.33 Å². The lowest BCUT2D eigenvalue weighted by molar-refractivity contribution is 0.0901. The van der Waals surface area contributed by atoms with Crippen LogP contribution in [-0.4, -0.2) is 22.6 Å². The molecule has 0 fully saturated rings. The highest BCUT2D eigenvalue weighted by Crippen LogP contribution is 2.20. The van der Waals surface area contributed by atoms with Gasteiger partial charge in [0.2, 0.25) is 0 Å². The number of ketones is 1. The summed E-state index contributed by atoms with van der Waals surface area (Å²) >= 11 is 3.22. The normalized spacial score (nSPS) is 10.0. The summed E-state index contributed by atoms with van der Waals surface area (Å²) in [6.45, 7) is -0.582. The highest BCUT2D eigenvalue weighted by molar-refractivity contribution is 9.08. The smallest absolute Gasteiger partial charge is 0.191 e. The van der Waals surface area contributed by atoms with E-state index in [0.29, 0.717) is 5.33 Å². The van der Waals surface area contributed by atoms with Gasteiger partial charge in [-0.1, -0.05) is 22.0 Å². The van der Waals surface area contributed by atoms with E-state index in [-0.39, 0.29) is 11.3 Å². The van der Waals surface area contributed by atoms with Crippen molar-refractivity contribution >= 4 is 21.7 Å². The maximum Gasteiger partial charge on any atom is 0.191 e. The molecule has 0 aliphatic rings. The zero-order valence-electron chi connectivity index (χ0n) is 6.83. The Balaban J connectivity index is 3.05. The van der Waals surface area contributed by atoms with E-state index < -0.39 is 12.4 Å². The van der Waals surface area contributed by atoms with Crippen molar-refractivity contribution in [3.05, 3.63) is 29.3 Å². The second-order valence-corrected chi connectivity index (χ2v) is 3.13. The fourth-order valence-corrected chi connectivity index (χ4v) is 1.33. The predicted molar refractivity (Wildman–Crippen MR) is 52.2 cm³/mol. The molecule has 0 atom stereocenters. The number of halogens is 1. The summed E-state index contributed by atoms with van der Waals surface area (Å²) in [5, 5.41) is 18.6. The lowest BCUT2D eigenvalue weighted by Crippen LogP contribution is -2.04. The Morgan fingerprint density at radius 2 is 2.15 bits per heavy atom. The third kappa shape index (κ3) is 2.29. The molecular weight excluding hydrogens is 236 g/mol. The monoisotopic (exact) mass is 244 g/mol. The molecule has 0 aliphatic heterocycles. The lowest BCUT2D eigenvalue weighted by Gasteiger charge is -2.02. The Morgan fingerprint density at radius 1 is 1.46 bits per heavy atom. The fraction of sp³-hybridized carbons (Fsp3) is 0.222. The standard InChI is InChI=1S/C9H9BrO3/c10-4-6-1-2-7(8(12)3-6)9(13)5-11/h1-3,11-12H,4-5H2. The number of carbonyl (C=O) groups is 1. The van der Waals surface area contributed by atoms with E-state index in [1.165, 1.54) is 12.1 Å². The molecule has 0 radical (unpaired) electrons. The molecule has 1 aromatic carbocycles. The minimum atomic E-state index is -0.582. The van der Waals surface area contributed by atoms with Crippen molar-refractivity contribution in [2.45, 2.75) is 5.33 Å². The van der Waals surface area contributed by atoms with Crippen molar-refractivity contribution in [2.24, 2.45) is 0 Å². The largest absolute Gasteiger partial charge is 0.507 e. The first kappa shape index (κ1) is 10.2. The number of benzene rings is 1. The van der Waals surface area contributed by atoms with E-state index in [9.17, 15) is 9.90 Å². The van der Waals surface area contributed by atoms with Gasteiger partial charge in [0.15, 0.2) is 5.78 Å². The summed E-state index contributed by atoms with van der Waals surface area (Å²) in [6.07, 6.45) is 0. The summed E-state index contributed by atoms with van der Waals surface area (Å²) < 4.78 is 0. The van der Waals surface area contributed by atoms with Crippen LogP contribution in [0.2, 0.25) is 0 Å². The number of aliphatic hydroxyl groups is 1. The molecule has 70 valence electrons. The van der Waals surface area contributed by atoms with E-state index in [1.807, 2.05) is 0 Å². The second kappa shape index (κ2) is 4.39. The van der Waals surface area contributed by atoms with E-state index in [0.717, 1.165) is 5.56 Å². The van der Waals surface area contributed by atoms with Crippen molar-refractivity contribution in [3.63, 3.8) is 0 Å². The minimum absolute atomic E-state index is 0.0870. The number of phenolic OH excluding ortho intramolecular Hbond substituents is 1. The predicted octanol–water partition coefficient (Wildman–Crippen LogP) is 1.46. The van der Waals surface area contributed by atoms with Gasteiger partial charge < -0.3 is 10.2 Å². The van der Waals surface area contributed by atoms with Crippen LogP contribution < -0.4 is 0 Å². The Labute approximate surface area is 84.1 Å². The molecule has 0 aromatic heterocycles. The topological polar surface area (TPSA) is 57.5 Å². The molecular formula is C9H9BrO3. The van der Waals surface area contributed by atoms with Crippen LogP contribution in [0.4, 0.5) is 0 Å². The molecule has 0 spiro atoms. The Hall–Kier alpha value is -0.870. The van der Waals surface area contributed by atoms with Gasteiger partial charge in [0.05, 0.1) is 5.56 Å². The number of carbonyl (C=O) groups excluding carboxylic acids is 1. The van der Waals surface area contributed by atoms with Crippen molar-refractivity contribution in [1.29, 1.82) is 0 Å². The first-order valence-electron chi connectivity index (χ1n) is 3.71. The quantitative estimate of drug-likeness (QED) is 0.626. The zero-order valence-corrected chi connectivity index (χ0v) is 8.41. The molecule has 1 rings (SSSR count). The van der Waals surface area contributed by atoms with Crippen molar-refractivity contribution in [3.8, 4) is 5.75 Å². The van der Waals surface area contributed by atoms with Crippen molar-refractivity contribution in [1.82, 2.24) is 0 Å². The molecule has 13 heavy (non-hydrogen) atoms. The van der Waals surface area contributed by atoms with Crippen LogP contribution in [0.3, 0.4) is 0 Å². The van der Waals surface area contributed by atoms with Crippen LogP contribution in [0.25, 0.3) is 0 Å². The Kier molecular flexibility index (Phi) is 3.45. The summed E-state index contributed by atoms with van der Waals surface area (Å²) in [4.78, 5) is 11.0. The van der Waals surface area contributed by atoms with Gasteiger partial charge in [0.25, 0.3) is 0 Å². The number of hydrogen-bond donors (Lipinski definition) is 2. The molecule has 0 aliphatic carbocycles. The van der Waals surface area contributed by atoms with E-state index in [2.05, 4.69) is 15.9 Å². The highest BCUT2D eigenvalue weighted by Gasteiger charge is 2.09. The van der Waals surface area contributed by atoms with Crippen LogP contribution in [0.15, 0.2) is 18.2 Å². The molecule has 0 heterocycles. The molecule has 0 saturated heterocycles. The van der Waals surface area contributed by atoms with E-state index in [4.69, 9.17) is 5.11 Å². The van der Waals surface area contributed by atoms with Gasteiger partial charge in [0.1, 0.15) is 12.4 Å². The molecule has 4 heteroatoms. The van der Waals surface area contributed by atoms with Crippen molar-refractivity contribution in [2.75, 3.05) is 6.61 Å². The third-order valence-corrected chi connectivity index (χ3v) is 2.31. The summed E-state index contributed by atoms with van der Waals surface area (Å²) in [5.74, 6) is -0.561. The van der Waals surface area contributed by atoms with Gasteiger partial charge in [-0.25, -0.2) is 0 Å². The van der Waals surface area contributed by atoms with Crippen LogP contribution in [0.1, 0.15) is 15.9 Å². The molecule has 2 N–H and O–H groups in total. The minimum Gasteiger partial charge on any atom is -0.507 e. The Morgan fingerprint density at radius 3 is 2.62 bits per heavy atom. The van der Waals surface area contributed by atoms with Gasteiger partial charge in [-0.05, 0) is 17.7 Å². The molecule has 0 amide bonds. The number of hydrogen-bond acceptors (Lipinski definition) is 3. The number of alkyl halides is 1. The number of aliphatic hydroxyl groups excluding tert-OH is 1. The molecule has 0 saturated carbocycles. The van der Waals surface area contributed by atoms with Gasteiger partial charge in [-0.3, -0.25) is 4.79 Å². The van der Waals surface area contributed by atoms with E-state index in [1.54, 1.807) is 6.07 Å². The van der Waals surface area contributed by atoms with Gasteiger partial charge in [-0.2, -0.15) is 0 Å². The maximum absolute atomic E-state index is 11.0. The van der Waals surface area contributed by atoms with Crippen LogP contribution in [0.5, 0.6) is 5.75 Å². The van der Waals surface area contributed by atoms with E-state index >= 15 is 0 Å². The summed E-state index contributed by atoms with van der Waals surface area (Å²) in [7, 11) is 0. The maximum atomic E-state index is 11.0. The lowest BCUT2D eigenvalue weighted by atomic mass is 10.1. The second-order valence-electron chi connectivity index (χ2n) is 2.57. The van der Waals surface area contributed by atoms with Gasteiger partial charge in [0, 0.05) is 5.33 Å². The average Bonchev–Trinajstić information content (AvgIpc) is 2.16. The fourth-order valence-electron chi connectivity index (χ4n) is 0.981. The van der Waals surface area contributed by atoms with Crippen LogP contribution >= 0.6 is 15.9 Å². The molecule has 1 aromatic rings. The zero-order chi connectivity index (χ0) is 9.84. The Bertz CT molecular complexity index is 323. The molecule has 3 nitrogen and oxygen atoms in total. The van der Waals surface area contributed by atoms with Crippen LogP contribution in [0, 0.1) is 0 Å². The number of Topliss-reactive ketones (excluding diaryl/α,β-unsaturated/α-hetero) is 1. The average molecular weight is 245 g/mol. The number of phenols is 1. The summed E-state index contributed by atoms with van der Waals surface area (Å²) in [5.41, 5.74) is 1.04. The number of aromatic hydroxyl groups is 1. The van der Waals surface area contributed by atoms with Gasteiger partial charge in [-0.15, -0.1) is 0 Å². The first-order chi connectivity index (χ1) is 6.19. The summed E-state index contributed by atoms with van der Waals surface area (Å²) in [6, 6.07) is 4.72. The highest BCUT2D eigenvalue weighted by atomic mass is 79.9. The molecule has 0 unspecified atom stereocenters. The first-order valence-corrected chi connectivity index (χ1v) is 4.83. The SMILES string of the molecule is O=C(CO)c1ccc(CBr)cc1O. The van der Waals surface area contributed by atoms with Gasteiger partial charge >= 0.3 is 0 Å².